The van der Waals surface area contributed by atoms with Crippen LogP contribution in [0.5, 0.6) is 0 Å². The van der Waals surface area contributed by atoms with Crippen LogP contribution in [0.15, 0.2) is 205 Å². The molecule has 0 bridgehead atoms. The maximum atomic E-state index is 10.3. The van der Waals surface area contributed by atoms with E-state index in [1.165, 1.54) is 0 Å². The van der Waals surface area contributed by atoms with Gasteiger partial charge < -0.3 is 0 Å². The fourth-order valence-electron chi connectivity index (χ4n) is 7.69. The highest BCUT2D eigenvalue weighted by molar-refractivity contribution is 6.25. The van der Waals surface area contributed by atoms with Crippen LogP contribution in [0.1, 0.15) is 68.9 Å². The van der Waals surface area contributed by atoms with Gasteiger partial charge in [-0.3, -0.25) is 0 Å². The van der Waals surface area contributed by atoms with E-state index in [2.05, 4.69) is 0 Å². The summed E-state index contributed by atoms with van der Waals surface area (Å²) >= 11 is 0. The highest BCUT2D eigenvalue weighted by atomic mass is 14.5. The molecule has 2 aliphatic rings. The first kappa shape index (κ1) is 12.2. The van der Waals surface area contributed by atoms with Crippen molar-refractivity contribution in [1.82, 2.24) is 0 Å². The summed E-state index contributed by atoms with van der Waals surface area (Å²) < 4.78 is 315. The molecular formula is C55H34. The van der Waals surface area contributed by atoms with Crippen LogP contribution in [-0.4, -0.2) is 0 Å². The monoisotopic (exact) mass is 728 g/mol. The molecule has 10 aromatic carbocycles. The summed E-state index contributed by atoms with van der Waals surface area (Å²) in [6.45, 7) is 0. The van der Waals surface area contributed by atoms with Crippen LogP contribution in [0.25, 0.3) is 88.0 Å². The van der Waals surface area contributed by atoms with Gasteiger partial charge in [0.1, 0.15) is 0 Å². The van der Waals surface area contributed by atoms with Crippen molar-refractivity contribution in [2.24, 2.45) is 0 Å². The molecule has 10 aromatic rings. The second-order valence-corrected chi connectivity index (χ2v) is 12.5. The Bertz CT molecular complexity index is 5040. The van der Waals surface area contributed by atoms with Gasteiger partial charge in [-0.25, -0.2) is 0 Å². The summed E-state index contributed by atoms with van der Waals surface area (Å²) in [5.74, 6) is 0. The molecule has 0 saturated heterocycles. The molecule has 0 amide bonds. The zero-order valence-electron chi connectivity index (χ0n) is 61.5. The van der Waals surface area contributed by atoms with Crippen molar-refractivity contribution in [2.75, 3.05) is 0 Å². The lowest BCUT2D eigenvalue weighted by molar-refractivity contribution is 0.794. The molecule has 0 aliphatic heterocycles. The number of hydrogen-bond donors (Lipinski definition) is 0. The van der Waals surface area contributed by atoms with Gasteiger partial charge >= 0.3 is 0 Å². The van der Waals surface area contributed by atoms with Crippen molar-refractivity contribution in [1.29, 1.82) is 0 Å². The molecule has 2 aliphatic carbocycles. The summed E-state index contributed by atoms with van der Waals surface area (Å²) in [7, 11) is 0. The Kier molecular flexibility index (Phi) is 2.56. The van der Waals surface area contributed by atoms with Crippen molar-refractivity contribution >= 4 is 32.3 Å². The Morgan fingerprint density at radius 1 is 0.255 bits per heavy atom. The lowest BCUT2D eigenvalue weighted by atomic mass is 9.70. The van der Waals surface area contributed by atoms with Crippen LogP contribution < -0.4 is 0 Å². The second kappa shape index (κ2) is 11.5. The average molecular weight is 729 g/mol. The van der Waals surface area contributed by atoms with E-state index in [-0.39, 0.29) is 0 Å². The topological polar surface area (TPSA) is 0 Å². The Hall–Kier alpha value is -7.02. The maximum Gasteiger partial charge on any atom is 0.0725 e. The smallest absolute Gasteiger partial charge is 0.0622 e. The molecule has 0 heteroatoms. The Balaban J connectivity index is 1.35. The van der Waals surface area contributed by atoms with Gasteiger partial charge in [-0.1, -0.05) is 187 Å². The first-order valence-corrected chi connectivity index (χ1v) is 16.5. The fourth-order valence-corrected chi connectivity index (χ4v) is 7.69. The normalized spacial score (nSPS) is 21.9. The molecule has 0 unspecified atom stereocenters. The Morgan fingerprint density at radius 3 is 1.44 bits per heavy atom. The molecular weight excluding hydrogens is 661 g/mol. The van der Waals surface area contributed by atoms with Gasteiger partial charge in [0, 0.05) is 0 Å². The SMILES string of the molecule is [2H]c1c([2H])c([2H])c(-c2c([2H])c([2H])c3c(c2[2H])C2(c4c([2H])c([2H])c([2H])c([2H])c4-c4c([2H])c([2H])c([2H])c([2H])c42)c2c([2H])c([2H])c([2H])c(-c4c([2H])c([2H])c([2H])c(-c5c([2H])c([2H])c6c7c([2H])c([2H])c([2H])c([2H])c7c7c([2H])c([2H])c([2H])c([2H])c7c6c5[2H])c4[2H])c2-3)c([2H])c1[2H]. The largest absolute Gasteiger partial charge is 0.0725 e. The summed E-state index contributed by atoms with van der Waals surface area (Å²) in [5, 5.41) is -3.61. The van der Waals surface area contributed by atoms with Crippen molar-refractivity contribution in [3.05, 3.63) is 228 Å². The van der Waals surface area contributed by atoms with Gasteiger partial charge in [-0.2, -0.15) is 0 Å². The van der Waals surface area contributed by atoms with Crippen molar-refractivity contribution in [3.8, 4) is 55.6 Å². The van der Waals surface area contributed by atoms with E-state index in [0.29, 0.717) is 0 Å². The highest BCUT2D eigenvalue weighted by Crippen LogP contribution is 2.64. The van der Waals surface area contributed by atoms with Gasteiger partial charge in [-0.05, 0) is 128 Å². The van der Waals surface area contributed by atoms with E-state index in [1.807, 2.05) is 0 Å². The van der Waals surface area contributed by atoms with Gasteiger partial charge in [0.05, 0.1) is 52.0 Å². The fraction of sp³-hybridized carbons (Fsp3) is 0.0182. The first-order valence-electron chi connectivity index (χ1n) is 33.5. The predicted molar refractivity (Wildman–Crippen MR) is 232 cm³/mol. The molecule has 0 fully saturated rings. The van der Waals surface area contributed by atoms with E-state index < -0.39 is 321 Å². The zero-order valence-corrected chi connectivity index (χ0v) is 27.5. The summed E-state index contributed by atoms with van der Waals surface area (Å²) in [6.07, 6.45) is 0. The number of hydrogen-bond acceptors (Lipinski definition) is 0. The molecule has 0 nitrogen and oxygen atoms in total. The van der Waals surface area contributed by atoms with Crippen LogP contribution in [0.2, 0.25) is 0 Å². The van der Waals surface area contributed by atoms with Crippen LogP contribution in [0.4, 0.5) is 0 Å². The lowest BCUT2D eigenvalue weighted by Gasteiger charge is -2.31. The van der Waals surface area contributed by atoms with E-state index >= 15 is 0 Å². The van der Waals surface area contributed by atoms with E-state index in [1.54, 1.807) is 0 Å². The van der Waals surface area contributed by atoms with Crippen molar-refractivity contribution < 1.29 is 46.6 Å². The minimum absolute atomic E-state index is 0.527. The summed E-state index contributed by atoms with van der Waals surface area (Å²) in [4.78, 5) is 0. The number of fused-ring (bicyclic) bond motifs is 16. The molecule has 0 N–H and O–H groups in total. The van der Waals surface area contributed by atoms with Crippen LogP contribution in [-0.2, 0) is 5.41 Å². The van der Waals surface area contributed by atoms with Gasteiger partial charge in [0.2, 0.25) is 0 Å². The third-order valence-electron chi connectivity index (χ3n) is 9.88. The highest BCUT2D eigenvalue weighted by Gasteiger charge is 2.52. The summed E-state index contributed by atoms with van der Waals surface area (Å²) in [5.41, 5.74) is -15.2. The third-order valence-corrected chi connectivity index (χ3v) is 9.88. The molecule has 0 heterocycles. The maximum absolute atomic E-state index is 10.3. The second-order valence-electron chi connectivity index (χ2n) is 12.5. The van der Waals surface area contributed by atoms with Gasteiger partial charge in [0.25, 0.3) is 0 Å². The van der Waals surface area contributed by atoms with Crippen LogP contribution in [0, 0.1) is 0 Å². The Morgan fingerprint density at radius 2 is 0.727 bits per heavy atom. The molecule has 0 saturated carbocycles. The first-order chi connectivity index (χ1) is 41.5. The quantitative estimate of drug-likeness (QED) is 0.159. The van der Waals surface area contributed by atoms with E-state index in [0.717, 1.165) is 0 Å². The Labute approximate surface area is 368 Å². The average Bonchev–Trinajstić information content (AvgIpc) is 1.51. The molecule has 12 rings (SSSR count). The lowest BCUT2D eigenvalue weighted by Crippen LogP contribution is -2.25. The van der Waals surface area contributed by atoms with E-state index in [4.69, 9.17) is 23.3 Å². The van der Waals surface area contributed by atoms with Crippen LogP contribution >= 0.6 is 0 Å². The van der Waals surface area contributed by atoms with Crippen LogP contribution in [0.3, 0.4) is 0 Å². The minimum Gasteiger partial charge on any atom is -0.0622 e. The molecule has 55 heavy (non-hydrogen) atoms. The molecule has 1 spiro atoms. The summed E-state index contributed by atoms with van der Waals surface area (Å²) in [6, 6.07) is -35.1. The number of rotatable bonds is 3. The molecule has 0 aromatic heterocycles. The van der Waals surface area contributed by atoms with Crippen molar-refractivity contribution in [2.45, 2.75) is 5.41 Å². The zero-order chi connectivity index (χ0) is 65.7. The van der Waals surface area contributed by atoms with E-state index in [9.17, 15) is 23.3 Å². The molecule has 254 valence electrons. The third kappa shape index (κ3) is 4.17. The molecule has 0 atom stereocenters. The minimum atomic E-state index is -3.08. The van der Waals surface area contributed by atoms with Gasteiger partial charge in [0.15, 0.2) is 0 Å². The standard InChI is InChI=1S/C55H34/c1-2-14-35(15-3-1)38-29-31-48-53(34-38)55(50-25-10-8-22-46(50)47-23-9-11-26-51(47)55)52-27-13-24-40(54(48)52)39-17-12-16-36(32-39)37-28-30-45-43-20-5-4-18-41(43)42-19-6-7-21-44(42)49(45)33-37/h1-34H/i1D,2D,3D,4D,5D,6D,7D,8D,9D,10D,11D,12D,13D,14D,15D,16D,17D,18D,19D,20D,21D,22D,23D,24D,25D,26D,27D,28D,29D,30D,31D,32D,33D,34D. The molecule has 0 radical (unpaired) electrons. The van der Waals surface area contributed by atoms with Gasteiger partial charge in [-0.15, -0.1) is 0 Å². The number of benzene rings is 10. The predicted octanol–water partition coefficient (Wildman–Crippen LogP) is 14.5. The van der Waals surface area contributed by atoms with Crippen molar-refractivity contribution in [3.63, 3.8) is 0 Å².